The van der Waals surface area contributed by atoms with Crippen LogP contribution in [0.1, 0.15) is 31.0 Å². The van der Waals surface area contributed by atoms with E-state index in [9.17, 15) is 4.79 Å². The molecule has 0 amide bonds. The van der Waals surface area contributed by atoms with Gasteiger partial charge in [-0.25, -0.2) is 0 Å². The van der Waals surface area contributed by atoms with Gasteiger partial charge in [-0.05, 0) is 37.1 Å². The van der Waals surface area contributed by atoms with Crippen LogP contribution in [0.5, 0.6) is 0 Å². The molecule has 1 heterocycles. The fourth-order valence-electron chi connectivity index (χ4n) is 1.68. The Bertz CT molecular complexity index is 586. The molecule has 7 heteroatoms. The maximum absolute atomic E-state index is 10.4. The van der Waals surface area contributed by atoms with Crippen molar-refractivity contribution in [1.29, 1.82) is 0 Å². The van der Waals surface area contributed by atoms with Crippen LogP contribution in [-0.2, 0) is 17.0 Å². The largest absolute Gasteiger partial charge is 0.481 e. The zero-order chi connectivity index (χ0) is 15.1. The second-order valence-corrected chi connectivity index (χ2v) is 5.93. The van der Waals surface area contributed by atoms with E-state index in [0.717, 1.165) is 11.3 Å². The van der Waals surface area contributed by atoms with E-state index in [2.05, 4.69) is 10.1 Å². The second-order valence-electron chi connectivity index (χ2n) is 4.45. The smallest absolute Gasteiger partial charge is 0.303 e. The first kappa shape index (κ1) is 15.9. The van der Waals surface area contributed by atoms with Gasteiger partial charge in [-0.15, -0.1) is 11.8 Å². The molecule has 0 atom stereocenters. The lowest BCUT2D eigenvalue weighted by atomic mass is 10.2. The molecule has 112 valence electrons. The van der Waals surface area contributed by atoms with Crippen LogP contribution in [0.25, 0.3) is 0 Å². The third-order valence-electron chi connectivity index (χ3n) is 2.72. The molecule has 0 aliphatic rings. The summed E-state index contributed by atoms with van der Waals surface area (Å²) in [7, 11) is 0. The van der Waals surface area contributed by atoms with Gasteiger partial charge in [-0.3, -0.25) is 4.79 Å². The van der Waals surface area contributed by atoms with E-state index >= 15 is 0 Å². The standard InChI is InChI=1S/C14H15ClN2O3S/c15-10-5-7-11(8-6-10)21-9-12-16-13(20-17-12)3-1-2-4-14(18)19/h5-8H,1-4,9H2,(H,18,19). The Hall–Kier alpha value is -1.53. The molecule has 0 fully saturated rings. The van der Waals surface area contributed by atoms with E-state index in [0.29, 0.717) is 35.3 Å². The molecule has 0 unspecified atom stereocenters. The lowest BCUT2D eigenvalue weighted by molar-refractivity contribution is -0.137. The Balaban J connectivity index is 1.75. The molecule has 0 radical (unpaired) electrons. The topological polar surface area (TPSA) is 76.2 Å². The number of nitrogens with zero attached hydrogens (tertiary/aromatic N) is 2. The number of aryl methyl sites for hydroxylation is 1. The normalized spacial score (nSPS) is 10.7. The molecule has 0 saturated heterocycles. The molecular weight excluding hydrogens is 312 g/mol. The van der Waals surface area contributed by atoms with E-state index < -0.39 is 5.97 Å². The zero-order valence-corrected chi connectivity index (χ0v) is 12.9. The van der Waals surface area contributed by atoms with E-state index in [-0.39, 0.29) is 6.42 Å². The summed E-state index contributed by atoms with van der Waals surface area (Å²) in [4.78, 5) is 15.8. The maximum atomic E-state index is 10.4. The number of rotatable bonds is 8. The molecule has 5 nitrogen and oxygen atoms in total. The second kappa shape index (κ2) is 8.05. The Morgan fingerprint density at radius 2 is 2.05 bits per heavy atom. The molecule has 0 spiro atoms. The van der Waals surface area contributed by atoms with Gasteiger partial charge in [-0.2, -0.15) is 4.98 Å². The van der Waals surface area contributed by atoms with Gasteiger partial charge >= 0.3 is 5.97 Å². The number of hydrogen-bond donors (Lipinski definition) is 1. The lowest BCUT2D eigenvalue weighted by Gasteiger charge is -1.97. The van der Waals surface area contributed by atoms with Gasteiger partial charge < -0.3 is 9.63 Å². The molecule has 2 aromatic rings. The van der Waals surface area contributed by atoms with Crippen molar-refractivity contribution in [2.24, 2.45) is 0 Å². The van der Waals surface area contributed by atoms with Crippen molar-refractivity contribution < 1.29 is 14.4 Å². The predicted molar refractivity (Wildman–Crippen MR) is 80.5 cm³/mol. The van der Waals surface area contributed by atoms with Gasteiger partial charge in [-0.1, -0.05) is 16.8 Å². The number of carboxylic acid groups (broad SMARTS) is 1. The number of unbranched alkanes of at least 4 members (excludes halogenated alkanes) is 1. The predicted octanol–water partition coefficient (Wildman–Crippen LogP) is 3.81. The van der Waals surface area contributed by atoms with Crippen LogP contribution in [0, 0.1) is 0 Å². The van der Waals surface area contributed by atoms with E-state index in [1.54, 1.807) is 11.8 Å². The van der Waals surface area contributed by atoms with Crippen LogP contribution in [0.4, 0.5) is 0 Å². The molecule has 0 bridgehead atoms. The minimum Gasteiger partial charge on any atom is -0.481 e. The number of aliphatic carboxylic acids is 1. The van der Waals surface area contributed by atoms with Crippen molar-refractivity contribution in [3.05, 3.63) is 41.0 Å². The van der Waals surface area contributed by atoms with Crippen molar-refractivity contribution in [1.82, 2.24) is 10.1 Å². The highest BCUT2D eigenvalue weighted by molar-refractivity contribution is 7.98. The van der Waals surface area contributed by atoms with E-state index in [1.807, 2.05) is 24.3 Å². The molecule has 0 saturated carbocycles. The summed E-state index contributed by atoms with van der Waals surface area (Å²) in [6.45, 7) is 0. The summed E-state index contributed by atoms with van der Waals surface area (Å²) in [6.07, 6.45) is 2.14. The van der Waals surface area contributed by atoms with Crippen LogP contribution in [-0.4, -0.2) is 21.2 Å². The highest BCUT2D eigenvalue weighted by Crippen LogP contribution is 2.23. The molecule has 1 aromatic heterocycles. The number of thioether (sulfide) groups is 1. The van der Waals surface area contributed by atoms with Crippen LogP contribution in [0.2, 0.25) is 5.02 Å². The molecule has 1 aromatic carbocycles. The monoisotopic (exact) mass is 326 g/mol. The third-order valence-corrected chi connectivity index (χ3v) is 3.98. The Labute approximate surface area is 131 Å². The number of carboxylic acids is 1. The minimum atomic E-state index is -0.777. The van der Waals surface area contributed by atoms with Gasteiger partial charge in [0.1, 0.15) is 0 Å². The van der Waals surface area contributed by atoms with Crippen molar-refractivity contribution >= 4 is 29.3 Å². The Kier molecular flexibility index (Phi) is 6.07. The summed E-state index contributed by atoms with van der Waals surface area (Å²) in [6, 6.07) is 7.57. The fourth-order valence-corrected chi connectivity index (χ4v) is 2.55. The zero-order valence-electron chi connectivity index (χ0n) is 11.3. The maximum Gasteiger partial charge on any atom is 0.303 e. The number of aromatic nitrogens is 2. The van der Waals surface area contributed by atoms with Gasteiger partial charge in [0.25, 0.3) is 0 Å². The Morgan fingerprint density at radius 3 is 2.76 bits per heavy atom. The van der Waals surface area contributed by atoms with Crippen LogP contribution < -0.4 is 0 Å². The SMILES string of the molecule is O=C(O)CCCCc1nc(CSc2ccc(Cl)cc2)no1. The minimum absolute atomic E-state index is 0.174. The van der Waals surface area contributed by atoms with Gasteiger partial charge in [0.2, 0.25) is 5.89 Å². The van der Waals surface area contributed by atoms with Crippen molar-refractivity contribution in [2.45, 2.75) is 36.3 Å². The first-order valence-electron chi connectivity index (χ1n) is 6.55. The average molecular weight is 327 g/mol. The first-order valence-corrected chi connectivity index (χ1v) is 7.91. The molecule has 1 N–H and O–H groups in total. The number of carbonyl (C=O) groups is 1. The highest BCUT2D eigenvalue weighted by atomic mass is 35.5. The van der Waals surface area contributed by atoms with Crippen molar-refractivity contribution in [2.75, 3.05) is 0 Å². The third kappa shape index (κ3) is 5.77. The molecule has 2 rings (SSSR count). The number of halogens is 1. The molecule has 21 heavy (non-hydrogen) atoms. The average Bonchev–Trinajstić information content (AvgIpc) is 2.91. The van der Waals surface area contributed by atoms with Crippen molar-refractivity contribution in [3.8, 4) is 0 Å². The number of benzene rings is 1. The van der Waals surface area contributed by atoms with Crippen LogP contribution in [0.3, 0.4) is 0 Å². The van der Waals surface area contributed by atoms with Crippen LogP contribution >= 0.6 is 23.4 Å². The quantitative estimate of drug-likeness (QED) is 0.587. The van der Waals surface area contributed by atoms with Crippen molar-refractivity contribution in [3.63, 3.8) is 0 Å². The van der Waals surface area contributed by atoms with Gasteiger partial charge in [0, 0.05) is 22.8 Å². The fraction of sp³-hybridized carbons (Fsp3) is 0.357. The Morgan fingerprint density at radius 1 is 1.29 bits per heavy atom. The molecule has 0 aliphatic heterocycles. The summed E-state index contributed by atoms with van der Waals surface area (Å²) in [5, 5.41) is 13.2. The molecule has 0 aliphatic carbocycles. The van der Waals surface area contributed by atoms with E-state index in [1.165, 1.54) is 0 Å². The molecular formula is C14H15ClN2O3S. The summed E-state index contributed by atoms with van der Waals surface area (Å²) in [5.41, 5.74) is 0. The summed E-state index contributed by atoms with van der Waals surface area (Å²) < 4.78 is 5.14. The van der Waals surface area contributed by atoms with E-state index in [4.69, 9.17) is 21.2 Å². The first-order chi connectivity index (χ1) is 10.1. The highest BCUT2D eigenvalue weighted by Gasteiger charge is 2.07. The summed E-state index contributed by atoms with van der Waals surface area (Å²) in [5.74, 6) is 1.05. The number of hydrogen-bond acceptors (Lipinski definition) is 5. The lowest BCUT2D eigenvalue weighted by Crippen LogP contribution is -1.95. The van der Waals surface area contributed by atoms with Gasteiger partial charge in [0.15, 0.2) is 5.82 Å². The summed E-state index contributed by atoms with van der Waals surface area (Å²) >= 11 is 7.43. The van der Waals surface area contributed by atoms with Gasteiger partial charge in [0.05, 0.1) is 5.75 Å². The van der Waals surface area contributed by atoms with Crippen LogP contribution in [0.15, 0.2) is 33.7 Å².